The number of non-ortho nitro benzene ring substituents is 1. The van der Waals surface area contributed by atoms with E-state index < -0.39 is 0 Å². The molecule has 96 valence electrons. The largest absolute Gasteiger partial charge is 0.290 e. The quantitative estimate of drug-likeness (QED) is 0.541. The molecule has 5 nitrogen and oxygen atoms in total. The van der Waals surface area contributed by atoms with Gasteiger partial charge in [-0.25, -0.2) is 4.98 Å². The molecule has 0 unspecified atom stereocenters. The first-order chi connectivity index (χ1) is 9.20. The van der Waals surface area contributed by atoms with Crippen LogP contribution in [0, 0.1) is 10.1 Å². The molecule has 0 N–H and O–H groups in total. The van der Waals surface area contributed by atoms with Crippen LogP contribution in [0.2, 0.25) is 0 Å². The first kappa shape index (κ1) is 11.9. The van der Waals surface area contributed by atoms with E-state index in [4.69, 9.17) is 0 Å². The molecular formula is C13H11N3O2S. The molecule has 0 saturated carbocycles. The second-order valence-electron chi connectivity index (χ2n) is 4.11. The molecule has 0 spiro atoms. The molecule has 1 aromatic carbocycles. The van der Waals surface area contributed by atoms with Gasteiger partial charge in [-0.3, -0.25) is 14.5 Å². The molecule has 0 aliphatic heterocycles. The SMILES string of the molecule is CCc1sc2nccn2c1-c1ccc([N+](=O)[O-])cc1. The smallest absolute Gasteiger partial charge is 0.269 e. The van der Waals surface area contributed by atoms with Crippen LogP contribution in [-0.2, 0) is 6.42 Å². The minimum atomic E-state index is -0.384. The van der Waals surface area contributed by atoms with Crippen molar-refractivity contribution in [3.63, 3.8) is 0 Å². The van der Waals surface area contributed by atoms with E-state index in [0.717, 1.165) is 22.6 Å². The lowest BCUT2D eigenvalue weighted by atomic mass is 10.1. The van der Waals surface area contributed by atoms with E-state index in [-0.39, 0.29) is 10.6 Å². The second-order valence-corrected chi connectivity index (χ2v) is 5.17. The maximum atomic E-state index is 10.7. The monoisotopic (exact) mass is 273 g/mol. The van der Waals surface area contributed by atoms with Gasteiger partial charge in [0.05, 0.1) is 10.6 Å². The van der Waals surface area contributed by atoms with Crippen molar-refractivity contribution in [2.75, 3.05) is 0 Å². The number of thiazole rings is 1. The normalized spacial score (nSPS) is 11.0. The van der Waals surface area contributed by atoms with E-state index in [1.165, 1.54) is 17.0 Å². The third-order valence-electron chi connectivity index (χ3n) is 3.00. The predicted octanol–water partition coefficient (Wildman–Crippen LogP) is 3.53. The summed E-state index contributed by atoms with van der Waals surface area (Å²) in [5.41, 5.74) is 2.17. The van der Waals surface area contributed by atoms with Gasteiger partial charge in [-0.1, -0.05) is 6.92 Å². The fourth-order valence-electron chi connectivity index (χ4n) is 2.11. The van der Waals surface area contributed by atoms with Crippen LogP contribution < -0.4 is 0 Å². The van der Waals surface area contributed by atoms with Gasteiger partial charge in [-0.2, -0.15) is 0 Å². The molecule has 0 atom stereocenters. The Morgan fingerprint density at radius 2 is 2.11 bits per heavy atom. The van der Waals surface area contributed by atoms with Crippen molar-refractivity contribution < 1.29 is 4.92 Å². The summed E-state index contributed by atoms with van der Waals surface area (Å²) in [7, 11) is 0. The van der Waals surface area contributed by atoms with Gasteiger partial charge >= 0.3 is 0 Å². The first-order valence-corrected chi connectivity index (χ1v) is 6.72. The Hall–Kier alpha value is -2.21. The average Bonchev–Trinajstić information content (AvgIpc) is 2.98. The number of nitro groups is 1. The van der Waals surface area contributed by atoms with Crippen molar-refractivity contribution in [3.05, 3.63) is 51.7 Å². The fraction of sp³-hybridized carbons (Fsp3) is 0.154. The lowest BCUT2D eigenvalue weighted by Crippen LogP contribution is -1.90. The molecule has 0 amide bonds. The molecule has 19 heavy (non-hydrogen) atoms. The molecule has 3 rings (SSSR count). The van der Waals surface area contributed by atoms with Gasteiger partial charge in [0.2, 0.25) is 0 Å². The van der Waals surface area contributed by atoms with Crippen molar-refractivity contribution in [2.45, 2.75) is 13.3 Å². The van der Waals surface area contributed by atoms with E-state index in [1.54, 1.807) is 29.7 Å². The number of hydrogen-bond acceptors (Lipinski definition) is 4. The van der Waals surface area contributed by atoms with E-state index in [2.05, 4.69) is 11.9 Å². The van der Waals surface area contributed by atoms with Crippen LogP contribution in [0.1, 0.15) is 11.8 Å². The van der Waals surface area contributed by atoms with Crippen LogP contribution in [0.4, 0.5) is 5.69 Å². The Labute approximate surface area is 113 Å². The van der Waals surface area contributed by atoms with E-state index in [0.29, 0.717) is 0 Å². The standard InChI is InChI=1S/C13H11N3O2S/c1-2-11-12(15-8-7-14-13(15)19-11)9-3-5-10(6-4-9)16(17)18/h3-8H,2H2,1H3. The highest BCUT2D eigenvalue weighted by Gasteiger charge is 2.14. The number of nitro benzene ring substituents is 1. The van der Waals surface area contributed by atoms with E-state index in [1.807, 2.05) is 10.6 Å². The summed E-state index contributed by atoms with van der Waals surface area (Å²) >= 11 is 1.65. The van der Waals surface area contributed by atoms with Crippen molar-refractivity contribution in [2.24, 2.45) is 0 Å². The molecule has 0 fully saturated rings. The van der Waals surface area contributed by atoms with Crippen LogP contribution in [0.25, 0.3) is 16.2 Å². The summed E-state index contributed by atoms with van der Waals surface area (Å²) in [5, 5.41) is 10.7. The highest BCUT2D eigenvalue weighted by Crippen LogP contribution is 2.32. The summed E-state index contributed by atoms with van der Waals surface area (Å²) in [6, 6.07) is 6.65. The summed E-state index contributed by atoms with van der Waals surface area (Å²) in [4.78, 5) is 16.8. The average molecular weight is 273 g/mol. The minimum Gasteiger partial charge on any atom is -0.290 e. The Morgan fingerprint density at radius 3 is 2.74 bits per heavy atom. The zero-order chi connectivity index (χ0) is 13.4. The summed E-state index contributed by atoms with van der Waals surface area (Å²) in [6.45, 7) is 2.10. The van der Waals surface area contributed by atoms with Crippen molar-refractivity contribution in [1.82, 2.24) is 9.38 Å². The fourth-order valence-corrected chi connectivity index (χ4v) is 3.15. The Morgan fingerprint density at radius 1 is 1.37 bits per heavy atom. The minimum absolute atomic E-state index is 0.110. The molecule has 3 aromatic rings. The summed E-state index contributed by atoms with van der Waals surface area (Å²) in [5.74, 6) is 0. The van der Waals surface area contributed by atoms with Gasteiger partial charge in [-0.15, -0.1) is 11.3 Å². The van der Waals surface area contributed by atoms with Gasteiger partial charge in [0, 0.05) is 35.0 Å². The van der Waals surface area contributed by atoms with Crippen LogP contribution in [0.15, 0.2) is 36.7 Å². The molecule has 2 aromatic heterocycles. The Bertz CT molecular complexity index is 743. The number of fused-ring (bicyclic) bond motifs is 1. The number of hydrogen-bond donors (Lipinski definition) is 0. The van der Waals surface area contributed by atoms with Gasteiger partial charge < -0.3 is 0 Å². The Balaban J connectivity index is 2.17. The van der Waals surface area contributed by atoms with Crippen LogP contribution >= 0.6 is 11.3 Å². The number of rotatable bonds is 3. The van der Waals surface area contributed by atoms with Crippen molar-refractivity contribution >= 4 is 22.0 Å². The third-order valence-corrected chi connectivity index (χ3v) is 4.21. The number of benzene rings is 1. The molecule has 0 radical (unpaired) electrons. The van der Waals surface area contributed by atoms with Gasteiger partial charge in [0.25, 0.3) is 5.69 Å². The molecule has 0 aliphatic rings. The van der Waals surface area contributed by atoms with Crippen LogP contribution in [0.3, 0.4) is 0 Å². The highest BCUT2D eigenvalue weighted by molar-refractivity contribution is 7.17. The van der Waals surface area contributed by atoms with Crippen LogP contribution in [-0.4, -0.2) is 14.3 Å². The number of aromatic nitrogens is 2. The summed E-state index contributed by atoms with van der Waals surface area (Å²) in [6.07, 6.45) is 4.60. The molecule has 6 heteroatoms. The molecule has 2 heterocycles. The van der Waals surface area contributed by atoms with Crippen LogP contribution in [0.5, 0.6) is 0 Å². The maximum Gasteiger partial charge on any atom is 0.269 e. The summed E-state index contributed by atoms with van der Waals surface area (Å²) < 4.78 is 2.03. The molecule has 0 aliphatic carbocycles. The number of aryl methyl sites for hydroxylation is 1. The van der Waals surface area contributed by atoms with Crippen molar-refractivity contribution in [3.8, 4) is 11.3 Å². The van der Waals surface area contributed by atoms with Gasteiger partial charge in [0.1, 0.15) is 0 Å². The predicted molar refractivity (Wildman–Crippen MR) is 74.5 cm³/mol. The molecule has 0 bridgehead atoms. The van der Waals surface area contributed by atoms with E-state index in [9.17, 15) is 10.1 Å². The zero-order valence-electron chi connectivity index (χ0n) is 10.2. The van der Waals surface area contributed by atoms with Gasteiger partial charge in [0.15, 0.2) is 4.96 Å². The van der Waals surface area contributed by atoms with Crippen molar-refractivity contribution in [1.29, 1.82) is 0 Å². The maximum absolute atomic E-state index is 10.7. The topological polar surface area (TPSA) is 60.4 Å². The number of nitrogens with zero attached hydrogens (tertiary/aromatic N) is 3. The highest BCUT2D eigenvalue weighted by atomic mass is 32.1. The lowest BCUT2D eigenvalue weighted by molar-refractivity contribution is -0.384. The first-order valence-electron chi connectivity index (χ1n) is 5.90. The zero-order valence-corrected chi connectivity index (χ0v) is 11.1. The lowest BCUT2D eigenvalue weighted by Gasteiger charge is -2.03. The van der Waals surface area contributed by atoms with Gasteiger partial charge in [-0.05, 0) is 18.6 Å². The Kier molecular flexibility index (Phi) is 2.79. The molecule has 0 saturated heterocycles. The second kappa shape index (κ2) is 4.47. The third kappa shape index (κ3) is 1.90. The number of imidazole rings is 1. The molecular weight excluding hydrogens is 262 g/mol. The van der Waals surface area contributed by atoms with E-state index >= 15 is 0 Å².